The van der Waals surface area contributed by atoms with Crippen LogP contribution in [-0.4, -0.2) is 31.2 Å². The van der Waals surface area contributed by atoms with Crippen molar-refractivity contribution in [3.8, 4) is 0 Å². The van der Waals surface area contributed by atoms with E-state index >= 15 is 0 Å². The second-order valence-corrected chi connectivity index (χ2v) is 7.65. The molecule has 0 saturated heterocycles. The molecule has 3 atom stereocenters. The molecule has 1 aliphatic rings. The lowest BCUT2D eigenvalue weighted by atomic mass is 9.78. The Kier molecular flexibility index (Phi) is 5.40. The summed E-state index contributed by atoms with van der Waals surface area (Å²) in [6.45, 7) is 7.59. The zero-order valence-electron chi connectivity index (χ0n) is 13.0. The first-order valence-corrected chi connectivity index (χ1v) is 9.19. The molecule has 0 spiro atoms. The average molecular weight is 314 g/mol. The van der Waals surface area contributed by atoms with Crippen molar-refractivity contribution in [1.82, 2.24) is 20.2 Å². The molecule has 0 amide bonds. The molecule has 1 aromatic heterocycles. The maximum atomic E-state index is 12.6. The van der Waals surface area contributed by atoms with Crippen LogP contribution in [0.2, 0.25) is 0 Å². The lowest BCUT2D eigenvalue weighted by Crippen LogP contribution is -2.44. The number of nitrogens with zero attached hydrogens (tertiary/aromatic N) is 1. The predicted molar refractivity (Wildman–Crippen MR) is 82.3 cm³/mol. The van der Waals surface area contributed by atoms with E-state index in [1.54, 1.807) is 6.20 Å². The van der Waals surface area contributed by atoms with Gasteiger partial charge in [0.1, 0.15) is 0 Å². The van der Waals surface area contributed by atoms with Gasteiger partial charge in [0.15, 0.2) is 5.03 Å². The highest BCUT2D eigenvalue weighted by Crippen LogP contribution is 2.30. The minimum Gasteiger partial charge on any atom is -0.313 e. The van der Waals surface area contributed by atoms with Crippen LogP contribution in [0.4, 0.5) is 0 Å². The first kappa shape index (κ1) is 16.5. The Labute approximate surface area is 127 Å². The Morgan fingerprint density at radius 2 is 2.14 bits per heavy atom. The predicted octanol–water partition coefficient (Wildman–Crippen LogP) is 1.62. The van der Waals surface area contributed by atoms with Crippen molar-refractivity contribution >= 4 is 10.0 Å². The van der Waals surface area contributed by atoms with Gasteiger partial charge in [0.05, 0.1) is 6.20 Å². The molecule has 1 aliphatic carbocycles. The lowest BCUT2D eigenvalue weighted by Gasteiger charge is -2.34. The van der Waals surface area contributed by atoms with E-state index in [4.69, 9.17) is 0 Å². The maximum absolute atomic E-state index is 12.6. The molecule has 2 rings (SSSR count). The molecule has 7 heteroatoms. The maximum Gasteiger partial charge on any atom is 0.258 e. The first-order valence-electron chi connectivity index (χ1n) is 7.71. The van der Waals surface area contributed by atoms with Crippen molar-refractivity contribution in [2.24, 2.45) is 11.8 Å². The van der Waals surface area contributed by atoms with Gasteiger partial charge in [-0.25, -0.2) is 13.1 Å². The Morgan fingerprint density at radius 1 is 1.38 bits per heavy atom. The van der Waals surface area contributed by atoms with E-state index < -0.39 is 10.0 Å². The van der Waals surface area contributed by atoms with Crippen LogP contribution in [0.25, 0.3) is 0 Å². The number of aromatic amines is 1. The molecular weight excluding hydrogens is 288 g/mol. The summed E-state index contributed by atoms with van der Waals surface area (Å²) < 4.78 is 28.0. The van der Waals surface area contributed by atoms with Gasteiger partial charge in [0.2, 0.25) is 0 Å². The molecule has 0 aromatic carbocycles. The summed E-state index contributed by atoms with van der Waals surface area (Å²) in [6, 6.07) is 0.00837. The Balaban J connectivity index is 2.13. The molecule has 0 bridgehead atoms. The molecule has 1 aromatic rings. The number of hydrogen-bond donors (Lipinski definition) is 3. The van der Waals surface area contributed by atoms with Crippen LogP contribution in [0.5, 0.6) is 0 Å². The summed E-state index contributed by atoms with van der Waals surface area (Å²) in [7, 11) is -3.54. The van der Waals surface area contributed by atoms with E-state index in [0.29, 0.717) is 23.9 Å². The topological polar surface area (TPSA) is 86.9 Å². The van der Waals surface area contributed by atoms with Crippen molar-refractivity contribution in [2.45, 2.75) is 57.6 Å². The van der Waals surface area contributed by atoms with Crippen molar-refractivity contribution in [3.05, 3.63) is 11.8 Å². The van der Waals surface area contributed by atoms with Crippen molar-refractivity contribution in [3.63, 3.8) is 0 Å². The summed E-state index contributed by atoms with van der Waals surface area (Å²) in [4.78, 5) is 0. The van der Waals surface area contributed by atoms with Crippen molar-refractivity contribution in [1.29, 1.82) is 0 Å². The monoisotopic (exact) mass is 314 g/mol. The van der Waals surface area contributed by atoms with Crippen LogP contribution < -0.4 is 10.0 Å². The minimum atomic E-state index is -3.54. The SMILES string of the molecule is CCNCc1cn[nH]c1S(=O)(=O)NC1CCCC(C)C1C. The standard InChI is InChI=1S/C14H26N4O2S/c1-4-15-8-12-9-16-17-14(12)21(19,20)18-13-7-5-6-10(2)11(13)3/h9-11,13,15,18H,4-8H2,1-3H3,(H,16,17). The molecule has 6 nitrogen and oxygen atoms in total. The zero-order chi connectivity index (χ0) is 15.5. The zero-order valence-corrected chi connectivity index (χ0v) is 13.8. The van der Waals surface area contributed by atoms with E-state index in [0.717, 1.165) is 19.4 Å². The molecule has 3 unspecified atom stereocenters. The fourth-order valence-corrected chi connectivity index (χ4v) is 4.42. The molecule has 1 fully saturated rings. The summed E-state index contributed by atoms with van der Waals surface area (Å²) in [6.07, 6.45) is 4.73. The molecule has 3 N–H and O–H groups in total. The van der Waals surface area contributed by atoms with Crippen molar-refractivity contribution in [2.75, 3.05) is 6.54 Å². The minimum absolute atomic E-state index is 0.00837. The van der Waals surface area contributed by atoms with Gasteiger partial charge >= 0.3 is 0 Å². The van der Waals surface area contributed by atoms with Crippen LogP contribution in [0, 0.1) is 11.8 Å². The smallest absolute Gasteiger partial charge is 0.258 e. The highest BCUT2D eigenvalue weighted by Gasteiger charge is 2.32. The fraction of sp³-hybridized carbons (Fsp3) is 0.786. The van der Waals surface area contributed by atoms with E-state index in [1.807, 2.05) is 6.92 Å². The van der Waals surface area contributed by atoms with Crippen LogP contribution in [0.15, 0.2) is 11.2 Å². The van der Waals surface area contributed by atoms with E-state index in [9.17, 15) is 8.42 Å². The van der Waals surface area contributed by atoms with Gasteiger partial charge in [-0.15, -0.1) is 0 Å². The molecule has 120 valence electrons. The Hall–Kier alpha value is -0.920. The fourth-order valence-electron chi connectivity index (χ4n) is 2.92. The van der Waals surface area contributed by atoms with Crippen molar-refractivity contribution < 1.29 is 8.42 Å². The van der Waals surface area contributed by atoms with Gasteiger partial charge in [-0.3, -0.25) is 5.10 Å². The van der Waals surface area contributed by atoms with Crippen LogP contribution in [-0.2, 0) is 16.6 Å². The van der Waals surface area contributed by atoms with Crippen LogP contribution >= 0.6 is 0 Å². The lowest BCUT2D eigenvalue weighted by molar-refractivity contribution is 0.226. The first-order chi connectivity index (χ1) is 9.95. The molecule has 1 saturated carbocycles. The van der Waals surface area contributed by atoms with E-state index in [2.05, 4.69) is 34.1 Å². The second-order valence-electron chi connectivity index (χ2n) is 6.00. The number of sulfonamides is 1. The largest absolute Gasteiger partial charge is 0.313 e. The van der Waals surface area contributed by atoms with E-state index in [1.165, 1.54) is 6.42 Å². The number of H-pyrrole nitrogens is 1. The molecular formula is C14H26N4O2S. The highest BCUT2D eigenvalue weighted by atomic mass is 32.2. The summed E-state index contributed by atoms with van der Waals surface area (Å²) >= 11 is 0. The van der Waals surface area contributed by atoms with Gasteiger partial charge in [-0.2, -0.15) is 5.10 Å². The number of aromatic nitrogens is 2. The Morgan fingerprint density at radius 3 is 2.86 bits per heavy atom. The van der Waals surface area contributed by atoms with Crippen LogP contribution in [0.1, 0.15) is 45.6 Å². The highest BCUT2D eigenvalue weighted by molar-refractivity contribution is 7.89. The molecule has 21 heavy (non-hydrogen) atoms. The normalized spacial score (nSPS) is 26.9. The average Bonchev–Trinajstić information content (AvgIpc) is 2.91. The summed E-state index contributed by atoms with van der Waals surface area (Å²) in [5, 5.41) is 9.83. The molecule has 0 aliphatic heterocycles. The third-order valence-corrected chi connectivity index (χ3v) is 6.03. The van der Waals surface area contributed by atoms with Gasteiger partial charge in [0, 0.05) is 18.2 Å². The number of hydrogen-bond acceptors (Lipinski definition) is 4. The second kappa shape index (κ2) is 6.89. The number of nitrogens with one attached hydrogen (secondary N) is 3. The number of rotatable bonds is 6. The van der Waals surface area contributed by atoms with E-state index in [-0.39, 0.29) is 11.1 Å². The van der Waals surface area contributed by atoms with Gasteiger partial charge < -0.3 is 5.32 Å². The van der Waals surface area contributed by atoms with Crippen LogP contribution in [0.3, 0.4) is 0 Å². The van der Waals surface area contributed by atoms with Gasteiger partial charge in [-0.1, -0.05) is 33.6 Å². The molecule has 0 radical (unpaired) electrons. The quantitative estimate of drug-likeness (QED) is 0.744. The summed E-state index contributed by atoms with van der Waals surface area (Å²) in [5.41, 5.74) is 0.681. The third kappa shape index (κ3) is 3.84. The molecule has 1 heterocycles. The Bertz CT molecular complexity index is 555. The van der Waals surface area contributed by atoms with Gasteiger partial charge in [-0.05, 0) is 24.8 Å². The summed E-state index contributed by atoms with van der Waals surface area (Å²) in [5.74, 6) is 0.906. The third-order valence-electron chi connectivity index (χ3n) is 4.53. The van der Waals surface area contributed by atoms with Gasteiger partial charge in [0.25, 0.3) is 10.0 Å².